The third kappa shape index (κ3) is 6.20. The number of carbonyl (C=O) groups is 1. The van der Waals surface area contributed by atoms with Crippen molar-refractivity contribution >= 4 is 33.2 Å². The average molecular weight is 427 g/mol. The zero-order valence-electron chi connectivity index (χ0n) is 15.9. The lowest BCUT2D eigenvalue weighted by Crippen LogP contribution is -2.30. The summed E-state index contributed by atoms with van der Waals surface area (Å²) in [6, 6.07) is 10.5. The molecule has 28 heavy (non-hydrogen) atoms. The summed E-state index contributed by atoms with van der Waals surface area (Å²) >= 11 is 6.10. The molecule has 0 saturated carbocycles. The molecule has 0 spiro atoms. The van der Waals surface area contributed by atoms with E-state index in [4.69, 9.17) is 21.1 Å². The molecule has 0 atom stereocenters. The number of ether oxygens (including phenoxy) is 2. The normalized spacial score (nSPS) is 11.5. The van der Waals surface area contributed by atoms with Crippen LogP contribution in [0.25, 0.3) is 0 Å². The molecule has 2 N–H and O–H groups in total. The molecule has 9 heteroatoms. The van der Waals surface area contributed by atoms with Crippen LogP contribution in [0.4, 0.5) is 5.69 Å². The predicted octanol–water partition coefficient (Wildman–Crippen LogP) is 3.30. The maximum Gasteiger partial charge on any atom is 0.257 e. The standard InChI is InChI=1S/C19H23ClN2O5S/c1-13(2)22-28(24,25)16-8-9-18(20)17(12-16)19(23)21-14-4-6-15(7-5-14)27-11-10-26-3/h4-9,12-13,22H,10-11H2,1-3H3,(H,21,23). The number of anilines is 1. The Morgan fingerprint density at radius 1 is 1.11 bits per heavy atom. The molecule has 0 saturated heterocycles. The highest BCUT2D eigenvalue weighted by Gasteiger charge is 2.19. The summed E-state index contributed by atoms with van der Waals surface area (Å²) in [4.78, 5) is 12.5. The summed E-state index contributed by atoms with van der Waals surface area (Å²) in [6.45, 7) is 4.32. The van der Waals surface area contributed by atoms with Gasteiger partial charge in [-0.05, 0) is 56.3 Å². The van der Waals surface area contributed by atoms with Gasteiger partial charge >= 0.3 is 0 Å². The van der Waals surface area contributed by atoms with Crippen LogP contribution in [0.2, 0.25) is 5.02 Å². The Balaban J connectivity index is 2.14. The van der Waals surface area contributed by atoms with Crippen LogP contribution < -0.4 is 14.8 Å². The molecule has 0 radical (unpaired) electrons. The van der Waals surface area contributed by atoms with Gasteiger partial charge in [-0.1, -0.05) is 11.6 Å². The predicted molar refractivity (Wildman–Crippen MR) is 109 cm³/mol. The van der Waals surface area contributed by atoms with Crippen LogP contribution in [-0.2, 0) is 14.8 Å². The quantitative estimate of drug-likeness (QED) is 0.600. The molecule has 0 aliphatic rings. The van der Waals surface area contributed by atoms with Crippen molar-refractivity contribution in [1.29, 1.82) is 0 Å². The molecule has 0 fully saturated rings. The van der Waals surface area contributed by atoms with Gasteiger partial charge in [0.2, 0.25) is 10.0 Å². The van der Waals surface area contributed by atoms with Crippen LogP contribution in [0.1, 0.15) is 24.2 Å². The van der Waals surface area contributed by atoms with Crippen LogP contribution in [0.3, 0.4) is 0 Å². The monoisotopic (exact) mass is 426 g/mol. The first-order valence-electron chi connectivity index (χ1n) is 8.58. The van der Waals surface area contributed by atoms with E-state index in [0.29, 0.717) is 24.7 Å². The number of nitrogens with one attached hydrogen (secondary N) is 2. The fraction of sp³-hybridized carbons (Fsp3) is 0.316. The van der Waals surface area contributed by atoms with E-state index in [1.54, 1.807) is 45.2 Å². The van der Waals surface area contributed by atoms with E-state index >= 15 is 0 Å². The Kier molecular flexibility index (Phi) is 7.82. The van der Waals surface area contributed by atoms with Gasteiger partial charge in [0.05, 0.1) is 22.1 Å². The summed E-state index contributed by atoms with van der Waals surface area (Å²) in [5.41, 5.74) is 0.586. The highest BCUT2D eigenvalue weighted by molar-refractivity contribution is 7.89. The van der Waals surface area contributed by atoms with Gasteiger partial charge in [-0.25, -0.2) is 13.1 Å². The second-order valence-corrected chi connectivity index (χ2v) is 8.36. The number of rotatable bonds is 9. The highest BCUT2D eigenvalue weighted by Crippen LogP contribution is 2.23. The van der Waals surface area contributed by atoms with Crippen LogP contribution in [0.5, 0.6) is 5.75 Å². The molecule has 2 aromatic rings. The lowest BCUT2D eigenvalue weighted by Gasteiger charge is -2.12. The van der Waals surface area contributed by atoms with Crippen molar-refractivity contribution in [2.75, 3.05) is 25.6 Å². The number of methoxy groups -OCH3 is 1. The lowest BCUT2D eigenvalue weighted by atomic mass is 10.2. The minimum absolute atomic E-state index is 0.0300. The van der Waals surface area contributed by atoms with Gasteiger partial charge in [0.25, 0.3) is 5.91 Å². The lowest BCUT2D eigenvalue weighted by molar-refractivity contribution is 0.102. The number of benzene rings is 2. The van der Waals surface area contributed by atoms with E-state index < -0.39 is 15.9 Å². The number of hydrogen-bond donors (Lipinski definition) is 2. The molecular weight excluding hydrogens is 404 g/mol. The van der Waals surface area contributed by atoms with Crippen molar-refractivity contribution in [1.82, 2.24) is 4.72 Å². The first-order chi connectivity index (χ1) is 13.2. The molecule has 152 valence electrons. The Labute approximate surface area is 170 Å². The maximum absolute atomic E-state index is 12.6. The topological polar surface area (TPSA) is 93.7 Å². The van der Waals surface area contributed by atoms with Crippen molar-refractivity contribution < 1.29 is 22.7 Å². The molecule has 2 aromatic carbocycles. The number of carbonyl (C=O) groups excluding carboxylic acids is 1. The van der Waals surface area contributed by atoms with Gasteiger partial charge in [-0.2, -0.15) is 0 Å². The van der Waals surface area contributed by atoms with Crippen molar-refractivity contribution in [2.24, 2.45) is 0 Å². The Bertz CT molecular complexity index is 914. The first kappa shape index (κ1) is 22.2. The molecule has 1 amide bonds. The molecule has 0 bridgehead atoms. The van der Waals surface area contributed by atoms with Crippen LogP contribution in [-0.4, -0.2) is 40.7 Å². The van der Waals surface area contributed by atoms with E-state index in [0.717, 1.165) is 0 Å². The van der Waals surface area contributed by atoms with Gasteiger partial charge in [0, 0.05) is 18.8 Å². The highest BCUT2D eigenvalue weighted by atomic mass is 35.5. The van der Waals surface area contributed by atoms with E-state index in [9.17, 15) is 13.2 Å². The van der Waals surface area contributed by atoms with Crippen molar-refractivity contribution in [3.63, 3.8) is 0 Å². The number of sulfonamides is 1. The SMILES string of the molecule is COCCOc1ccc(NC(=O)c2cc(S(=O)(=O)NC(C)C)ccc2Cl)cc1. The Morgan fingerprint density at radius 2 is 1.79 bits per heavy atom. The van der Waals surface area contributed by atoms with Crippen molar-refractivity contribution in [3.8, 4) is 5.75 Å². The molecule has 0 aliphatic carbocycles. The third-order valence-electron chi connectivity index (χ3n) is 3.55. The largest absolute Gasteiger partial charge is 0.491 e. The smallest absolute Gasteiger partial charge is 0.257 e. The average Bonchev–Trinajstić information content (AvgIpc) is 2.62. The summed E-state index contributed by atoms with van der Waals surface area (Å²) in [7, 11) is -2.15. The minimum Gasteiger partial charge on any atom is -0.491 e. The zero-order chi connectivity index (χ0) is 20.7. The first-order valence-corrected chi connectivity index (χ1v) is 10.4. The molecule has 2 rings (SSSR count). The van der Waals surface area contributed by atoms with E-state index in [1.807, 2.05) is 0 Å². The van der Waals surface area contributed by atoms with Crippen LogP contribution in [0.15, 0.2) is 47.4 Å². The number of halogens is 1. The van der Waals surface area contributed by atoms with Gasteiger partial charge in [0.1, 0.15) is 12.4 Å². The van der Waals surface area contributed by atoms with Gasteiger partial charge < -0.3 is 14.8 Å². The second kappa shape index (κ2) is 9.88. The van der Waals surface area contributed by atoms with Crippen LogP contribution in [0, 0.1) is 0 Å². The summed E-state index contributed by atoms with van der Waals surface area (Å²) < 4.78 is 37.5. The third-order valence-corrected chi connectivity index (χ3v) is 5.54. The Hall–Kier alpha value is -2.13. The molecule has 0 aromatic heterocycles. The molecule has 0 unspecified atom stereocenters. The fourth-order valence-corrected chi connectivity index (χ4v) is 3.78. The number of amides is 1. The Morgan fingerprint density at radius 3 is 2.39 bits per heavy atom. The van der Waals surface area contributed by atoms with E-state index in [2.05, 4.69) is 10.0 Å². The summed E-state index contributed by atoms with van der Waals surface area (Å²) in [5, 5.41) is 2.85. The van der Waals surface area contributed by atoms with E-state index in [-0.39, 0.29) is 21.5 Å². The number of hydrogen-bond acceptors (Lipinski definition) is 5. The summed E-state index contributed by atoms with van der Waals surface area (Å²) in [5.74, 6) is 0.126. The maximum atomic E-state index is 12.6. The molecular formula is C19H23ClN2O5S. The van der Waals surface area contributed by atoms with E-state index in [1.165, 1.54) is 18.2 Å². The van der Waals surface area contributed by atoms with Gasteiger partial charge in [-0.15, -0.1) is 0 Å². The van der Waals surface area contributed by atoms with Gasteiger partial charge in [0.15, 0.2) is 0 Å². The second-order valence-electron chi connectivity index (χ2n) is 6.24. The molecule has 0 heterocycles. The van der Waals surface area contributed by atoms with Crippen LogP contribution >= 0.6 is 11.6 Å². The zero-order valence-corrected chi connectivity index (χ0v) is 17.4. The fourth-order valence-electron chi connectivity index (χ4n) is 2.30. The minimum atomic E-state index is -3.74. The molecule has 0 aliphatic heterocycles. The summed E-state index contributed by atoms with van der Waals surface area (Å²) in [6.07, 6.45) is 0. The molecule has 7 nitrogen and oxygen atoms in total. The van der Waals surface area contributed by atoms with Gasteiger partial charge in [-0.3, -0.25) is 4.79 Å². The van der Waals surface area contributed by atoms with Crippen molar-refractivity contribution in [2.45, 2.75) is 24.8 Å². The van der Waals surface area contributed by atoms with Crippen molar-refractivity contribution in [3.05, 3.63) is 53.1 Å².